The van der Waals surface area contributed by atoms with E-state index in [1.807, 2.05) is 56.6 Å². The Morgan fingerprint density at radius 1 is 1.14 bits per heavy atom. The number of likely N-dealkylation sites (N-methyl/N-ethyl adjacent to an activating group) is 1. The summed E-state index contributed by atoms with van der Waals surface area (Å²) in [7, 11) is 2.13. The normalized spacial score (nSPS) is 21.5. The highest BCUT2D eigenvalue weighted by Crippen LogP contribution is 2.32. The zero-order chi connectivity index (χ0) is 30.4. The Morgan fingerprint density at radius 2 is 1.88 bits per heavy atom. The number of rotatable bonds is 12. The van der Waals surface area contributed by atoms with Crippen molar-refractivity contribution in [2.45, 2.75) is 58.8 Å². The number of β-amino-alcohol motifs (C(OH)–C–C–N with tert-alkyl or cyclic N) is 1. The highest BCUT2D eigenvalue weighted by atomic mass is 16.5. The molecule has 0 aliphatic carbocycles. The van der Waals surface area contributed by atoms with Gasteiger partial charge in [-0.2, -0.15) is 5.10 Å². The molecule has 4 unspecified atom stereocenters. The average Bonchev–Trinajstić information content (AvgIpc) is 3.62. The molecule has 0 spiro atoms. The molecule has 2 aromatic rings. The summed E-state index contributed by atoms with van der Waals surface area (Å²) < 4.78 is 8.26. The lowest BCUT2D eigenvalue weighted by atomic mass is 9.96. The van der Waals surface area contributed by atoms with Crippen LogP contribution in [0.2, 0.25) is 0 Å². The predicted molar refractivity (Wildman–Crippen MR) is 161 cm³/mol. The topological polar surface area (TPSA) is 123 Å². The molecular weight excluding hydrogens is 536 g/mol. The molecule has 42 heavy (non-hydrogen) atoms. The molecule has 1 aromatic carbocycles. The number of hydrogen-bond acceptors (Lipinski definition) is 8. The minimum atomic E-state index is -0.803. The molecule has 232 valence electrons. The van der Waals surface area contributed by atoms with Crippen LogP contribution in [-0.4, -0.2) is 118 Å². The predicted octanol–water partition coefficient (Wildman–Crippen LogP) is 1.60. The van der Waals surface area contributed by atoms with Gasteiger partial charge in [-0.15, -0.1) is 0 Å². The third kappa shape index (κ3) is 7.50. The first-order chi connectivity index (χ1) is 20.1. The number of aryl methyl sites for hydroxylation is 1. The van der Waals surface area contributed by atoms with E-state index in [1.165, 1.54) is 4.90 Å². The first-order valence-electron chi connectivity index (χ1n) is 15.2. The van der Waals surface area contributed by atoms with Crippen LogP contribution in [0, 0.1) is 11.8 Å². The molecule has 11 nitrogen and oxygen atoms in total. The molecule has 2 fully saturated rings. The van der Waals surface area contributed by atoms with Crippen LogP contribution in [0.1, 0.15) is 45.7 Å². The number of carbonyl (C=O) groups excluding carboxylic acids is 2. The number of hydrogen-bond donors (Lipinski definition) is 3. The smallest absolute Gasteiger partial charge is 0.243 e. The number of carbonyl (C=O) groups is 2. The number of amides is 2. The van der Waals surface area contributed by atoms with Gasteiger partial charge in [0, 0.05) is 75.5 Å². The Bertz CT molecular complexity index is 1190. The standard InChI is InChI=1S/C31H48N6O5/c1-6-37-27(9-10-32-37)23-7-8-25(29(17-23)42-16-15-35-13-11-34(5)12-14-35)26(20-38)33-30(40)28-18-24(39)19-36(28)31(41)22(4)21(2)3/h7-10,17,21-22,24,26,28,38-39H,6,11-16,18-20H2,1-5H3,(H,33,40). The van der Waals surface area contributed by atoms with E-state index in [9.17, 15) is 19.8 Å². The lowest BCUT2D eigenvalue weighted by Crippen LogP contribution is -2.49. The van der Waals surface area contributed by atoms with Gasteiger partial charge in [0.2, 0.25) is 11.8 Å². The van der Waals surface area contributed by atoms with E-state index in [2.05, 4.69) is 27.3 Å². The van der Waals surface area contributed by atoms with Crippen molar-refractivity contribution < 1.29 is 24.5 Å². The highest BCUT2D eigenvalue weighted by molar-refractivity contribution is 5.89. The van der Waals surface area contributed by atoms with Gasteiger partial charge in [-0.05, 0) is 32.0 Å². The van der Waals surface area contributed by atoms with E-state index >= 15 is 0 Å². The molecule has 2 saturated heterocycles. The highest BCUT2D eigenvalue weighted by Gasteiger charge is 2.41. The van der Waals surface area contributed by atoms with Crippen molar-refractivity contribution in [3.63, 3.8) is 0 Å². The first-order valence-corrected chi connectivity index (χ1v) is 15.2. The van der Waals surface area contributed by atoms with Crippen LogP contribution in [0.15, 0.2) is 30.5 Å². The van der Waals surface area contributed by atoms with E-state index in [-0.39, 0.29) is 37.3 Å². The first kappa shape index (κ1) is 31.9. The largest absolute Gasteiger partial charge is 0.492 e. The second kappa shape index (κ2) is 14.5. The van der Waals surface area contributed by atoms with Crippen LogP contribution in [0.5, 0.6) is 5.75 Å². The van der Waals surface area contributed by atoms with E-state index in [1.54, 1.807) is 6.20 Å². The number of aliphatic hydroxyl groups is 2. The van der Waals surface area contributed by atoms with Crippen molar-refractivity contribution in [1.82, 2.24) is 29.8 Å². The van der Waals surface area contributed by atoms with Crippen LogP contribution < -0.4 is 10.1 Å². The number of nitrogens with zero attached hydrogens (tertiary/aromatic N) is 5. The van der Waals surface area contributed by atoms with Gasteiger partial charge in [-0.1, -0.05) is 32.9 Å². The van der Waals surface area contributed by atoms with Crippen molar-refractivity contribution in [1.29, 1.82) is 0 Å². The van der Waals surface area contributed by atoms with Crippen molar-refractivity contribution in [2.75, 3.05) is 59.5 Å². The maximum Gasteiger partial charge on any atom is 0.243 e. The van der Waals surface area contributed by atoms with Crippen LogP contribution in [0.25, 0.3) is 11.3 Å². The summed E-state index contributed by atoms with van der Waals surface area (Å²) in [6.45, 7) is 13.5. The minimum Gasteiger partial charge on any atom is -0.492 e. The molecule has 1 aromatic heterocycles. The molecule has 2 amide bonds. The zero-order valence-corrected chi connectivity index (χ0v) is 25.7. The fourth-order valence-electron chi connectivity index (χ4n) is 5.63. The Balaban J connectivity index is 1.55. The number of piperazine rings is 1. The number of benzene rings is 1. The molecule has 11 heteroatoms. The molecule has 0 bridgehead atoms. The van der Waals surface area contributed by atoms with E-state index in [4.69, 9.17) is 4.74 Å². The molecule has 0 radical (unpaired) electrons. The summed E-state index contributed by atoms with van der Waals surface area (Å²) in [6, 6.07) is 6.16. The van der Waals surface area contributed by atoms with Gasteiger partial charge in [-0.3, -0.25) is 19.2 Å². The molecular formula is C31H48N6O5. The number of aliphatic hydroxyl groups excluding tert-OH is 2. The second-order valence-corrected chi connectivity index (χ2v) is 12.0. The van der Waals surface area contributed by atoms with Gasteiger partial charge in [0.15, 0.2) is 0 Å². The number of nitrogens with one attached hydrogen (secondary N) is 1. The van der Waals surface area contributed by atoms with Crippen LogP contribution in [-0.2, 0) is 16.1 Å². The summed E-state index contributed by atoms with van der Waals surface area (Å²) in [5.41, 5.74) is 2.53. The lowest BCUT2D eigenvalue weighted by molar-refractivity contribution is -0.142. The number of likely N-dealkylation sites (tertiary alicyclic amines) is 1. The summed E-state index contributed by atoms with van der Waals surface area (Å²) in [4.78, 5) is 32.9. The number of ether oxygens (including phenoxy) is 1. The monoisotopic (exact) mass is 584 g/mol. The average molecular weight is 585 g/mol. The fraction of sp³-hybridized carbons (Fsp3) is 0.645. The summed E-state index contributed by atoms with van der Waals surface area (Å²) in [5, 5.41) is 28.2. The summed E-state index contributed by atoms with van der Waals surface area (Å²) in [5.74, 6) is -0.128. The zero-order valence-electron chi connectivity index (χ0n) is 25.7. The van der Waals surface area contributed by atoms with Gasteiger partial charge in [0.05, 0.1) is 24.4 Å². The molecule has 4 rings (SSSR count). The minimum absolute atomic E-state index is 0.109. The van der Waals surface area contributed by atoms with Gasteiger partial charge < -0.3 is 30.1 Å². The van der Waals surface area contributed by atoms with Gasteiger partial charge in [0.25, 0.3) is 0 Å². The van der Waals surface area contributed by atoms with Crippen molar-refractivity contribution >= 4 is 11.8 Å². The Labute approximate surface area is 249 Å². The Morgan fingerprint density at radius 3 is 2.55 bits per heavy atom. The molecule has 3 N–H and O–H groups in total. The summed E-state index contributed by atoms with van der Waals surface area (Å²) >= 11 is 0. The Kier molecular flexibility index (Phi) is 11.0. The van der Waals surface area contributed by atoms with Crippen molar-refractivity contribution in [2.24, 2.45) is 11.8 Å². The van der Waals surface area contributed by atoms with Crippen LogP contribution in [0.4, 0.5) is 0 Å². The van der Waals surface area contributed by atoms with E-state index in [0.29, 0.717) is 17.9 Å². The Hall–Kier alpha value is -2.99. The molecule has 3 heterocycles. The second-order valence-electron chi connectivity index (χ2n) is 12.0. The van der Waals surface area contributed by atoms with Crippen LogP contribution in [0.3, 0.4) is 0 Å². The van der Waals surface area contributed by atoms with E-state index in [0.717, 1.165) is 50.5 Å². The van der Waals surface area contributed by atoms with Crippen molar-refractivity contribution in [3.8, 4) is 17.0 Å². The fourth-order valence-corrected chi connectivity index (χ4v) is 5.63. The lowest BCUT2D eigenvalue weighted by Gasteiger charge is -2.32. The molecule has 2 aliphatic heterocycles. The quantitative estimate of drug-likeness (QED) is 0.344. The number of aromatic nitrogens is 2. The molecule has 0 saturated carbocycles. The van der Waals surface area contributed by atoms with E-state index < -0.39 is 24.1 Å². The van der Waals surface area contributed by atoms with Crippen LogP contribution >= 0.6 is 0 Å². The maximum absolute atomic E-state index is 13.5. The van der Waals surface area contributed by atoms with Gasteiger partial charge in [-0.25, -0.2) is 0 Å². The third-order valence-corrected chi connectivity index (χ3v) is 8.72. The summed E-state index contributed by atoms with van der Waals surface area (Å²) in [6.07, 6.45) is 1.16. The third-order valence-electron chi connectivity index (χ3n) is 8.72. The van der Waals surface area contributed by atoms with Gasteiger partial charge >= 0.3 is 0 Å². The SMILES string of the molecule is CCn1nccc1-c1ccc(C(CO)NC(=O)C2CC(O)CN2C(=O)C(C)C(C)C)c(OCCN2CCN(C)CC2)c1. The van der Waals surface area contributed by atoms with Crippen molar-refractivity contribution in [3.05, 3.63) is 36.0 Å². The molecule has 2 aliphatic rings. The maximum atomic E-state index is 13.5. The van der Waals surface area contributed by atoms with Gasteiger partial charge in [0.1, 0.15) is 18.4 Å². The molecule has 4 atom stereocenters.